The van der Waals surface area contributed by atoms with Gasteiger partial charge >= 0.3 is 0 Å². The van der Waals surface area contributed by atoms with E-state index >= 15 is 0 Å². The quantitative estimate of drug-likeness (QED) is 0.653. The van der Waals surface area contributed by atoms with E-state index in [2.05, 4.69) is 37.8 Å². The number of benzene rings is 2. The van der Waals surface area contributed by atoms with Crippen LogP contribution in [0.2, 0.25) is 0 Å². The largest absolute Gasteiger partial charge is 0.497 e. The summed E-state index contributed by atoms with van der Waals surface area (Å²) in [6.07, 6.45) is 0. The van der Waals surface area contributed by atoms with Gasteiger partial charge in [0.25, 0.3) is 0 Å². The average Bonchev–Trinajstić information content (AvgIpc) is 3.05. The molecule has 3 aromatic rings. The molecule has 0 aliphatic rings. The smallest absolute Gasteiger partial charge is 0.181 e. The first-order chi connectivity index (χ1) is 10.7. The molecule has 3 N–H and O–H groups in total. The lowest BCUT2D eigenvalue weighted by Gasteiger charge is -2.09. The van der Waals surface area contributed by atoms with Crippen LogP contribution in [0.5, 0.6) is 5.75 Å². The van der Waals surface area contributed by atoms with Gasteiger partial charge in [0.2, 0.25) is 0 Å². The van der Waals surface area contributed by atoms with Crippen molar-refractivity contribution in [1.29, 1.82) is 0 Å². The number of aromatic nitrogens is 3. The minimum atomic E-state index is -0.375. The van der Waals surface area contributed by atoms with Gasteiger partial charge in [-0.15, -0.1) is 0 Å². The van der Waals surface area contributed by atoms with Crippen molar-refractivity contribution in [3.05, 3.63) is 63.5 Å². The number of nitrogens with zero attached hydrogens (tertiary/aromatic N) is 2. The van der Waals surface area contributed by atoms with Gasteiger partial charge in [-0.1, -0.05) is 24.3 Å². The summed E-state index contributed by atoms with van der Waals surface area (Å²) >= 11 is 2.27. The van der Waals surface area contributed by atoms with Crippen LogP contribution in [-0.2, 0) is 0 Å². The summed E-state index contributed by atoms with van der Waals surface area (Å²) in [6.45, 7) is 0. The van der Waals surface area contributed by atoms with Crippen LogP contribution in [-0.4, -0.2) is 22.3 Å². The molecule has 0 unspecified atom stereocenters. The molecular formula is C16H15IN4O. The summed E-state index contributed by atoms with van der Waals surface area (Å²) in [7, 11) is 1.63. The first-order valence-electron chi connectivity index (χ1n) is 6.75. The van der Waals surface area contributed by atoms with Crippen molar-refractivity contribution in [2.45, 2.75) is 6.04 Å². The van der Waals surface area contributed by atoms with Gasteiger partial charge in [-0.2, -0.15) is 5.10 Å². The maximum Gasteiger partial charge on any atom is 0.181 e. The molecule has 1 heterocycles. The van der Waals surface area contributed by atoms with E-state index in [4.69, 9.17) is 10.5 Å². The molecule has 3 rings (SSSR count). The maximum atomic E-state index is 6.26. The Balaban J connectivity index is 1.87. The lowest BCUT2D eigenvalue weighted by atomic mass is 10.1. The number of H-pyrrole nitrogens is 1. The average molecular weight is 406 g/mol. The van der Waals surface area contributed by atoms with Gasteiger partial charge < -0.3 is 10.5 Å². The fourth-order valence-corrected chi connectivity index (χ4v) is 2.49. The van der Waals surface area contributed by atoms with Crippen LogP contribution in [0.25, 0.3) is 11.4 Å². The van der Waals surface area contributed by atoms with E-state index in [1.165, 1.54) is 3.57 Å². The van der Waals surface area contributed by atoms with Crippen LogP contribution >= 0.6 is 22.6 Å². The second-order valence-corrected chi connectivity index (χ2v) is 6.05. The summed E-state index contributed by atoms with van der Waals surface area (Å²) in [4.78, 5) is 4.51. The molecule has 2 aromatic carbocycles. The molecule has 0 saturated carbocycles. The molecule has 0 radical (unpaired) electrons. The lowest BCUT2D eigenvalue weighted by molar-refractivity contribution is 0.414. The molecule has 0 amide bonds. The Labute approximate surface area is 142 Å². The summed E-state index contributed by atoms with van der Waals surface area (Å²) in [5.74, 6) is 2.04. The van der Waals surface area contributed by atoms with Gasteiger partial charge in [-0.25, -0.2) is 4.98 Å². The molecule has 1 aromatic heterocycles. The first-order valence-corrected chi connectivity index (χ1v) is 7.83. The van der Waals surface area contributed by atoms with Crippen molar-refractivity contribution < 1.29 is 4.74 Å². The van der Waals surface area contributed by atoms with Crippen LogP contribution < -0.4 is 10.5 Å². The van der Waals surface area contributed by atoms with Gasteiger partial charge in [0.05, 0.1) is 13.2 Å². The molecule has 0 aliphatic carbocycles. The Morgan fingerprint density at radius 2 is 1.95 bits per heavy atom. The van der Waals surface area contributed by atoms with E-state index < -0.39 is 0 Å². The Hall–Kier alpha value is -1.93. The number of methoxy groups -OCH3 is 1. The Kier molecular flexibility index (Phi) is 4.39. The number of hydrogen-bond acceptors (Lipinski definition) is 4. The predicted molar refractivity (Wildman–Crippen MR) is 93.6 cm³/mol. The number of rotatable bonds is 4. The number of ether oxygens (including phenoxy) is 1. The topological polar surface area (TPSA) is 76.8 Å². The normalized spacial score (nSPS) is 12.1. The first kappa shape index (κ1) is 15.0. The molecular weight excluding hydrogens is 391 g/mol. The lowest BCUT2D eigenvalue weighted by Crippen LogP contribution is -2.13. The van der Waals surface area contributed by atoms with Crippen LogP contribution in [0.15, 0.2) is 48.5 Å². The summed E-state index contributed by atoms with van der Waals surface area (Å²) in [6, 6.07) is 15.3. The fourth-order valence-electron chi connectivity index (χ4n) is 2.13. The maximum absolute atomic E-state index is 6.26. The number of nitrogens with two attached hydrogens (primary N) is 1. The molecule has 22 heavy (non-hydrogen) atoms. The van der Waals surface area contributed by atoms with Gasteiger partial charge in [0.15, 0.2) is 5.82 Å². The Bertz CT molecular complexity index is 770. The minimum absolute atomic E-state index is 0.375. The third-order valence-electron chi connectivity index (χ3n) is 3.35. The van der Waals surface area contributed by atoms with Crippen molar-refractivity contribution in [2.75, 3.05) is 7.11 Å². The van der Waals surface area contributed by atoms with Crippen molar-refractivity contribution in [2.24, 2.45) is 5.73 Å². The van der Waals surface area contributed by atoms with Crippen LogP contribution in [0.3, 0.4) is 0 Å². The highest BCUT2D eigenvalue weighted by molar-refractivity contribution is 14.1. The molecule has 0 fully saturated rings. The van der Waals surface area contributed by atoms with E-state index in [1.807, 2.05) is 48.5 Å². The van der Waals surface area contributed by atoms with Crippen LogP contribution in [0.4, 0.5) is 0 Å². The molecule has 112 valence electrons. The molecule has 6 heteroatoms. The van der Waals surface area contributed by atoms with E-state index in [9.17, 15) is 0 Å². The van der Waals surface area contributed by atoms with Crippen molar-refractivity contribution in [3.8, 4) is 17.1 Å². The summed E-state index contributed by atoms with van der Waals surface area (Å²) in [5.41, 5.74) is 8.14. The number of halogens is 1. The molecule has 0 bridgehead atoms. The third-order valence-corrected chi connectivity index (χ3v) is 4.07. The van der Waals surface area contributed by atoms with Crippen molar-refractivity contribution in [3.63, 3.8) is 0 Å². The summed E-state index contributed by atoms with van der Waals surface area (Å²) in [5, 5.41) is 7.18. The summed E-state index contributed by atoms with van der Waals surface area (Å²) < 4.78 is 6.40. The zero-order valence-electron chi connectivity index (χ0n) is 12.0. The highest BCUT2D eigenvalue weighted by atomic mass is 127. The van der Waals surface area contributed by atoms with Crippen molar-refractivity contribution in [1.82, 2.24) is 15.2 Å². The zero-order chi connectivity index (χ0) is 15.5. The minimum Gasteiger partial charge on any atom is -0.497 e. The van der Waals surface area contributed by atoms with E-state index in [0.29, 0.717) is 11.6 Å². The highest BCUT2D eigenvalue weighted by Gasteiger charge is 2.15. The molecule has 0 aliphatic heterocycles. The van der Waals surface area contributed by atoms with Gasteiger partial charge in [0, 0.05) is 9.13 Å². The van der Waals surface area contributed by atoms with E-state index in [1.54, 1.807) is 7.11 Å². The SMILES string of the molecule is COc1cccc([C@H](N)c2nc(-c3ccc(I)cc3)n[nH]2)c1. The second-order valence-electron chi connectivity index (χ2n) is 4.81. The number of hydrogen-bond donors (Lipinski definition) is 2. The fraction of sp³-hybridized carbons (Fsp3) is 0.125. The Morgan fingerprint density at radius 3 is 2.68 bits per heavy atom. The standard InChI is InChI=1S/C16H15IN4O/c1-22-13-4-2-3-11(9-13)14(18)16-19-15(20-21-16)10-5-7-12(17)8-6-10/h2-9,14H,18H2,1H3,(H,19,20,21)/t14-/m0/s1. The molecule has 5 nitrogen and oxygen atoms in total. The van der Waals surface area contributed by atoms with Gasteiger partial charge in [-0.05, 0) is 52.4 Å². The molecule has 1 atom stereocenters. The molecule has 0 saturated heterocycles. The van der Waals surface area contributed by atoms with Crippen molar-refractivity contribution >= 4 is 22.6 Å². The van der Waals surface area contributed by atoms with E-state index in [-0.39, 0.29) is 6.04 Å². The predicted octanol–water partition coefficient (Wildman–Crippen LogP) is 3.13. The van der Waals surface area contributed by atoms with Crippen LogP contribution in [0, 0.1) is 3.57 Å². The zero-order valence-corrected chi connectivity index (χ0v) is 14.1. The third kappa shape index (κ3) is 3.12. The monoisotopic (exact) mass is 406 g/mol. The van der Waals surface area contributed by atoms with Gasteiger partial charge in [-0.3, -0.25) is 5.10 Å². The number of nitrogens with one attached hydrogen (secondary N) is 1. The van der Waals surface area contributed by atoms with Crippen LogP contribution in [0.1, 0.15) is 17.4 Å². The number of aromatic amines is 1. The van der Waals surface area contributed by atoms with E-state index in [0.717, 1.165) is 16.9 Å². The second kappa shape index (κ2) is 6.45. The Morgan fingerprint density at radius 1 is 1.18 bits per heavy atom. The molecule has 0 spiro atoms. The highest BCUT2D eigenvalue weighted by Crippen LogP contribution is 2.23. The van der Waals surface area contributed by atoms with Gasteiger partial charge in [0.1, 0.15) is 11.6 Å².